The lowest BCUT2D eigenvalue weighted by atomic mass is 10.0. The fraction of sp³-hybridized carbons (Fsp3) is 0.185. The van der Waals surface area contributed by atoms with Gasteiger partial charge in [-0.3, -0.25) is 9.59 Å². The van der Waals surface area contributed by atoms with E-state index in [-0.39, 0.29) is 31.0 Å². The number of tetrazole rings is 1. The number of carbonyl (C=O) groups is 3. The third-order valence-corrected chi connectivity index (χ3v) is 6.77. The number of anilines is 2. The number of β-amino-alcohol motifs (C(OH)–C–C–N with tert-alkyl or cyclic N) is 1. The van der Waals surface area contributed by atoms with Crippen LogP contribution in [0.25, 0.3) is 5.69 Å². The summed E-state index contributed by atoms with van der Waals surface area (Å²) in [5.41, 5.74) is 2.24. The molecule has 0 saturated carbocycles. The summed E-state index contributed by atoms with van der Waals surface area (Å²) in [7, 11) is 0. The predicted octanol–water partition coefficient (Wildman–Crippen LogP) is 2.23. The maximum absolute atomic E-state index is 13.6. The van der Waals surface area contributed by atoms with Crippen molar-refractivity contribution in [1.82, 2.24) is 25.1 Å². The highest BCUT2D eigenvalue weighted by atomic mass is 35.5. The lowest BCUT2D eigenvalue weighted by Gasteiger charge is -2.42. The highest BCUT2D eigenvalue weighted by molar-refractivity contribution is 6.31. The molecule has 0 radical (unpaired) electrons. The molecule has 2 atom stereocenters. The Morgan fingerprint density at radius 2 is 1.80 bits per heavy atom. The molecule has 0 bridgehead atoms. The van der Waals surface area contributed by atoms with Crippen molar-refractivity contribution in [2.75, 3.05) is 23.3 Å². The van der Waals surface area contributed by atoms with Crippen LogP contribution >= 0.6 is 11.6 Å². The van der Waals surface area contributed by atoms with Crippen LogP contribution in [0.5, 0.6) is 0 Å². The largest absolute Gasteiger partial charge is 0.478 e. The van der Waals surface area contributed by atoms with Crippen LogP contribution in [0.1, 0.15) is 15.9 Å². The minimum Gasteiger partial charge on any atom is -0.478 e. The molecular formula is C27H24ClN7O5. The van der Waals surface area contributed by atoms with E-state index in [0.717, 1.165) is 5.56 Å². The Morgan fingerprint density at radius 1 is 1.05 bits per heavy atom. The third kappa shape index (κ3) is 5.77. The van der Waals surface area contributed by atoms with Gasteiger partial charge in [0.25, 0.3) is 0 Å². The number of benzene rings is 3. The lowest BCUT2D eigenvalue weighted by molar-refractivity contribution is -0.142. The van der Waals surface area contributed by atoms with Gasteiger partial charge in [0, 0.05) is 17.1 Å². The van der Waals surface area contributed by atoms with Crippen LogP contribution in [-0.2, 0) is 16.0 Å². The van der Waals surface area contributed by atoms with Crippen LogP contribution < -0.4 is 10.2 Å². The molecule has 1 aliphatic rings. The van der Waals surface area contributed by atoms with E-state index in [1.165, 1.54) is 45.1 Å². The molecule has 2 unspecified atom stereocenters. The van der Waals surface area contributed by atoms with E-state index in [4.69, 9.17) is 16.7 Å². The number of nitrogens with one attached hydrogen (secondary N) is 1. The maximum Gasteiger partial charge on any atom is 0.335 e. The summed E-state index contributed by atoms with van der Waals surface area (Å²) in [6.07, 6.45) is 0.415. The fourth-order valence-electron chi connectivity index (χ4n) is 4.56. The first-order valence-corrected chi connectivity index (χ1v) is 12.6. The zero-order valence-corrected chi connectivity index (χ0v) is 21.7. The number of aromatic carboxylic acids is 1. The summed E-state index contributed by atoms with van der Waals surface area (Å²) in [5, 5.41) is 34.8. The van der Waals surface area contributed by atoms with Crippen molar-refractivity contribution in [2.24, 2.45) is 0 Å². The number of aliphatic hydroxyl groups is 1. The van der Waals surface area contributed by atoms with Gasteiger partial charge in [-0.15, -0.1) is 5.10 Å². The Bertz CT molecular complexity index is 1520. The molecule has 5 rings (SSSR count). The number of rotatable bonds is 8. The quantitative estimate of drug-likeness (QED) is 0.294. The van der Waals surface area contributed by atoms with Gasteiger partial charge < -0.3 is 25.3 Å². The highest BCUT2D eigenvalue weighted by Gasteiger charge is 2.39. The van der Waals surface area contributed by atoms with E-state index in [2.05, 4.69) is 20.8 Å². The summed E-state index contributed by atoms with van der Waals surface area (Å²) >= 11 is 6.25. The van der Waals surface area contributed by atoms with Crippen molar-refractivity contribution in [1.29, 1.82) is 0 Å². The molecule has 0 spiro atoms. The van der Waals surface area contributed by atoms with Gasteiger partial charge in [-0.25, -0.2) is 4.79 Å². The molecule has 2 heterocycles. The Morgan fingerprint density at radius 3 is 2.48 bits per heavy atom. The Balaban J connectivity index is 1.41. The second-order valence-corrected chi connectivity index (χ2v) is 9.56. The van der Waals surface area contributed by atoms with E-state index in [0.29, 0.717) is 22.1 Å². The van der Waals surface area contributed by atoms with Gasteiger partial charge in [-0.1, -0.05) is 41.9 Å². The molecule has 1 fully saturated rings. The van der Waals surface area contributed by atoms with Gasteiger partial charge in [-0.05, 0) is 58.5 Å². The number of aliphatic hydroxyl groups excluding tert-OH is 1. The smallest absolute Gasteiger partial charge is 0.335 e. The van der Waals surface area contributed by atoms with E-state index in [1.54, 1.807) is 18.2 Å². The zero-order chi connectivity index (χ0) is 28.2. The number of carboxylic acid groups (broad SMARTS) is 1. The summed E-state index contributed by atoms with van der Waals surface area (Å²) in [5.74, 6) is -1.94. The normalized spacial score (nSPS) is 16.1. The standard InChI is InChI=1S/C27H24ClN7O5/c28-19-8-11-21(35-16-29-31-32-35)22(13-19)33-14-25(37)34(15-24(33)36)23(12-17-4-2-1-3-5-17)26(38)30-20-9-6-18(7-10-20)27(39)40/h1-11,13,16,23-24,36H,12,14-15H2,(H,30,38)(H,39,40). The number of carbonyl (C=O) groups excluding carboxylic acids is 2. The second kappa shape index (κ2) is 11.5. The van der Waals surface area contributed by atoms with Crippen LogP contribution in [0.4, 0.5) is 11.4 Å². The molecular weight excluding hydrogens is 538 g/mol. The monoisotopic (exact) mass is 561 g/mol. The van der Waals surface area contributed by atoms with Crippen LogP contribution in [0, 0.1) is 0 Å². The first kappa shape index (κ1) is 26.8. The summed E-state index contributed by atoms with van der Waals surface area (Å²) in [4.78, 5) is 41.1. The first-order chi connectivity index (χ1) is 19.3. The molecule has 3 N–H and O–H groups in total. The van der Waals surface area contributed by atoms with E-state index >= 15 is 0 Å². The Kier molecular flexibility index (Phi) is 7.71. The van der Waals surface area contributed by atoms with E-state index in [1.807, 2.05) is 30.3 Å². The van der Waals surface area contributed by atoms with Gasteiger partial charge in [0.1, 0.15) is 18.6 Å². The zero-order valence-electron chi connectivity index (χ0n) is 21.0. The molecule has 1 aromatic heterocycles. The van der Waals surface area contributed by atoms with Crippen molar-refractivity contribution in [3.05, 3.63) is 95.3 Å². The average Bonchev–Trinajstić information content (AvgIpc) is 3.48. The van der Waals surface area contributed by atoms with Crippen LogP contribution in [0.3, 0.4) is 0 Å². The minimum absolute atomic E-state index is 0.0790. The molecule has 3 aromatic carbocycles. The number of hydrogen-bond donors (Lipinski definition) is 3. The van der Waals surface area contributed by atoms with Crippen molar-refractivity contribution in [3.63, 3.8) is 0 Å². The van der Waals surface area contributed by atoms with Gasteiger partial charge in [0.15, 0.2) is 0 Å². The predicted molar refractivity (Wildman–Crippen MR) is 145 cm³/mol. The number of nitrogens with zero attached hydrogens (tertiary/aromatic N) is 6. The van der Waals surface area contributed by atoms with Crippen LogP contribution in [-0.4, -0.2) is 78.5 Å². The maximum atomic E-state index is 13.6. The fourth-order valence-corrected chi connectivity index (χ4v) is 4.73. The van der Waals surface area contributed by atoms with Crippen molar-refractivity contribution < 1.29 is 24.6 Å². The summed E-state index contributed by atoms with van der Waals surface area (Å²) in [6.45, 7) is -0.397. The van der Waals surface area contributed by atoms with Crippen molar-refractivity contribution >= 4 is 40.8 Å². The second-order valence-electron chi connectivity index (χ2n) is 9.12. The van der Waals surface area contributed by atoms with E-state index < -0.39 is 24.1 Å². The lowest BCUT2D eigenvalue weighted by Crippen LogP contribution is -2.61. The van der Waals surface area contributed by atoms with Gasteiger partial charge in [0.05, 0.1) is 30.0 Å². The van der Waals surface area contributed by atoms with Gasteiger partial charge in [0.2, 0.25) is 11.8 Å². The highest BCUT2D eigenvalue weighted by Crippen LogP contribution is 2.31. The molecule has 13 heteroatoms. The number of amides is 2. The van der Waals surface area contributed by atoms with Crippen LogP contribution in [0.2, 0.25) is 5.02 Å². The van der Waals surface area contributed by atoms with Crippen LogP contribution in [0.15, 0.2) is 79.1 Å². The molecule has 40 heavy (non-hydrogen) atoms. The minimum atomic E-state index is -1.17. The van der Waals surface area contributed by atoms with Gasteiger partial charge >= 0.3 is 5.97 Å². The Hall–Kier alpha value is -4.81. The third-order valence-electron chi connectivity index (χ3n) is 6.54. The number of piperazine rings is 1. The molecule has 204 valence electrons. The SMILES string of the molecule is O=C(O)c1ccc(NC(=O)C(Cc2ccccc2)N2CC(O)N(c3cc(Cl)ccc3-n3cnnn3)CC2=O)cc1. The van der Waals surface area contributed by atoms with Crippen molar-refractivity contribution in [3.8, 4) is 5.69 Å². The molecule has 0 aliphatic carbocycles. The van der Waals surface area contributed by atoms with Gasteiger partial charge in [-0.2, -0.15) is 4.68 Å². The number of aromatic nitrogens is 4. The molecule has 1 saturated heterocycles. The summed E-state index contributed by atoms with van der Waals surface area (Å²) in [6, 6.07) is 18.9. The topological polar surface area (TPSA) is 154 Å². The molecule has 2 amide bonds. The number of hydrogen-bond acceptors (Lipinski definition) is 8. The summed E-state index contributed by atoms with van der Waals surface area (Å²) < 4.78 is 1.40. The van der Waals surface area contributed by atoms with E-state index in [9.17, 15) is 19.5 Å². The molecule has 4 aromatic rings. The Labute approximate surface area is 233 Å². The molecule has 12 nitrogen and oxygen atoms in total. The van der Waals surface area contributed by atoms with Crippen molar-refractivity contribution in [2.45, 2.75) is 18.7 Å². The number of halogens is 1. The molecule has 1 aliphatic heterocycles. The average molecular weight is 562 g/mol. The first-order valence-electron chi connectivity index (χ1n) is 12.3. The number of carboxylic acids is 1.